The first kappa shape index (κ1) is 12.8. The predicted octanol–water partition coefficient (Wildman–Crippen LogP) is 1.28. The van der Waals surface area contributed by atoms with Gasteiger partial charge in [-0.05, 0) is 24.3 Å². The van der Waals surface area contributed by atoms with E-state index < -0.39 is 11.5 Å². The van der Waals surface area contributed by atoms with E-state index in [1.165, 1.54) is 6.07 Å². The molecule has 2 N–H and O–H groups in total. The summed E-state index contributed by atoms with van der Waals surface area (Å²) in [7, 11) is 0. The number of amides is 1. The molecule has 0 unspecified atom stereocenters. The molecule has 6 heteroatoms. The number of rotatable bonds is 3. The summed E-state index contributed by atoms with van der Waals surface area (Å²) in [6.45, 7) is -0.0923. The summed E-state index contributed by atoms with van der Waals surface area (Å²) in [5.74, 6) is -0.556. The topological polar surface area (TPSA) is 79.5 Å². The molecule has 1 aromatic heterocycles. The predicted molar refractivity (Wildman–Crippen MR) is 69.6 cm³/mol. The first-order valence-corrected chi connectivity index (χ1v) is 6.03. The zero-order chi connectivity index (χ0) is 13.1. The number of fused-ring (bicyclic) bond motifs is 1. The molecule has 0 aliphatic carbocycles. The first-order valence-electron chi connectivity index (χ1n) is 5.24. The van der Waals surface area contributed by atoms with Gasteiger partial charge in [0, 0.05) is 16.4 Å². The number of aliphatic hydroxyl groups is 1. The Morgan fingerprint density at radius 2 is 2.17 bits per heavy atom. The maximum absolute atomic E-state index is 11.7. The normalized spacial score (nSPS) is 10.6. The third-order valence-corrected chi connectivity index (χ3v) is 2.83. The van der Waals surface area contributed by atoms with Crippen molar-refractivity contribution in [1.29, 1.82) is 0 Å². The van der Waals surface area contributed by atoms with E-state index in [2.05, 4.69) is 21.2 Å². The van der Waals surface area contributed by atoms with E-state index in [9.17, 15) is 9.59 Å². The Hall–Kier alpha value is -1.66. The molecule has 18 heavy (non-hydrogen) atoms. The summed E-state index contributed by atoms with van der Waals surface area (Å²) in [6, 6.07) is 6.62. The van der Waals surface area contributed by atoms with Crippen LogP contribution >= 0.6 is 15.9 Å². The SMILES string of the molecule is O=C(NCCO)c1cc2cc(Br)ccc2oc1=O. The second-order valence-corrected chi connectivity index (χ2v) is 4.52. The zero-order valence-electron chi connectivity index (χ0n) is 9.27. The number of carbonyl (C=O) groups is 1. The Morgan fingerprint density at radius 3 is 2.89 bits per heavy atom. The number of aliphatic hydroxyl groups excluding tert-OH is 1. The van der Waals surface area contributed by atoms with Crippen molar-refractivity contribution < 1.29 is 14.3 Å². The van der Waals surface area contributed by atoms with Gasteiger partial charge >= 0.3 is 5.63 Å². The Kier molecular flexibility index (Phi) is 3.78. The van der Waals surface area contributed by atoms with E-state index in [1.807, 2.05) is 0 Å². The van der Waals surface area contributed by atoms with Crippen LogP contribution in [-0.4, -0.2) is 24.2 Å². The van der Waals surface area contributed by atoms with Crippen LogP contribution in [0.25, 0.3) is 11.0 Å². The van der Waals surface area contributed by atoms with Crippen molar-refractivity contribution in [2.45, 2.75) is 0 Å². The maximum atomic E-state index is 11.7. The minimum absolute atomic E-state index is 0.0750. The molecule has 1 aromatic carbocycles. The largest absolute Gasteiger partial charge is 0.422 e. The molecule has 2 rings (SSSR count). The minimum atomic E-state index is -0.694. The second-order valence-electron chi connectivity index (χ2n) is 3.61. The van der Waals surface area contributed by atoms with Crippen molar-refractivity contribution in [1.82, 2.24) is 5.32 Å². The molecule has 0 spiro atoms. The monoisotopic (exact) mass is 311 g/mol. The highest BCUT2D eigenvalue weighted by molar-refractivity contribution is 9.10. The van der Waals surface area contributed by atoms with Crippen molar-refractivity contribution >= 4 is 32.8 Å². The van der Waals surface area contributed by atoms with E-state index in [4.69, 9.17) is 9.52 Å². The summed E-state index contributed by atoms with van der Waals surface area (Å²) in [5.41, 5.74) is -0.351. The lowest BCUT2D eigenvalue weighted by molar-refractivity contribution is 0.0941. The summed E-state index contributed by atoms with van der Waals surface area (Å²) >= 11 is 3.30. The van der Waals surface area contributed by atoms with Gasteiger partial charge in [0.25, 0.3) is 5.91 Å². The van der Waals surface area contributed by atoms with Crippen molar-refractivity contribution in [3.63, 3.8) is 0 Å². The summed E-state index contributed by atoms with van der Waals surface area (Å²) in [6.07, 6.45) is 0. The van der Waals surface area contributed by atoms with Gasteiger partial charge in [-0.1, -0.05) is 15.9 Å². The van der Waals surface area contributed by atoms with E-state index in [0.717, 1.165) is 4.47 Å². The van der Waals surface area contributed by atoms with Gasteiger partial charge in [0.15, 0.2) is 0 Å². The molecule has 94 valence electrons. The Balaban J connectivity index is 2.48. The number of hydrogen-bond donors (Lipinski definition) is 2. The van der Waals surface area contributed by atoms with Crippen LogP contribution in [0, 0.1) is 0 Å². The molecule has 0 saturated carbocycles. The standard InChI is InChI=1S/C12H10BrNO4/c13-8-1-2-10-7(5-8)6-9(12(17)18-10)11(16)14-3-4-15/h1-2,5-6,15H,3-4H2,(H,14,16). The van der Waals surface area contributed by atoms with Crippen LogP contribution < -0.4 is 10.9 Å². The fourth-order valence-corrected chi connectivity index (χ4v) is 1.90. The molecule has 0 aliphatic heterocycles. The number of nitrogens with one attached hydrogen (secondary N) is 1. The van der Waals surface area contributed by atoms with Crippen molar-refractivity contribution in [3.8, 4) is 0 Å². The highest BCUT2D eigenvalue weighted by atomic mass is 79.9. The first-order chi connectivity index (χ1) is 8.61. The van der Waals surface area contributed by atoms with Gasteiger partial charge < -0.3 is 14.8 Å². The molecule has 0 aliphatic rings. The molecular weight excluding hydrogens is 302 g/mol. The molecule has 0 radical (unpaired) electrons. The average molecular weight is 312 g/mol. The molecule has 0 atom stereocenters. The van der Waals surface area contributed by atoms with Gasteiger partial charge in [0.05, 0.1) is 6.61 Å². The summed E-state index contributed by atoms with van der Waals surface area (Å²) in [5, 5.41) is 11.7. The Morgan fingerprint density at radius 1 is 1.39 bits per heavy atom. The van der Waals surface area contributed by atoms with Gasteiger partial charge in [-0.3, -0.25) is 4.79 Å². The fraction of sp³-hybridized carbons (Fsp3) is 0.167. The number of benzene rings is 1. The van der Waals surface area contributed by atoms with E-state index in [1.54, 1.807) is 18.2 Å². The molecule has 0 fully saturated rings. The van der Waals surface area contributed by atoms with Crippen LogP contribution in [0.2, 0.25) is 0 Å². The second kappa shape index (κ2) is 5.32. The van der Waals surface area contributed by atoms with Gasteiger partial charge in [-0.15, -0.1) is 0 Å². The van der Waals surface area contributed by atoms with Crippen molar-refractivity contribution in [2.75, 3.05) is 13.2 Å². The Bertz CT molecular complexity index is 650. The highest BCUT2D eigenvalue weighted by Gasteiger charge is 2.13. The van der Waals surface area contributed by atoms with Gasteiger partial charge in [-0.25, -0.2) is 4.79 Å². The lowest BCUT2D eigenvalue weighted by Crippen LogP contribution is -2.30. The van der Waals surface area contributed by atoms with Gasteiger partial charge in [-0.2, -0.15) is 0 Å². The number of halogens is 1. The molecular formula is C12H10BrNO4. The van der Waals surface area contributed by atoms with Crippen LogP contribution in [0.5, 0.6) is 0 Å². The third-order valence-electron chi connectivity index (χ3n) is 2.34. The van der Waals surface area contributed by atoms with E-state index >= 15 is 0 Å². The molecule has 2 aromatic rings. The quantitative estimate of drug-likeness (QED) is 0.837. The lowest BCUT2D eigenvalue weighted by Gasteiger charge is -2.03. The molecule has 0 bridgehead atoms. The summed E-state index contributed by atoms with van der Waals surface area (Å²) in [4.78, 5) is 23.3. The van der Waals surface area contributed by atoms with Crippen LogP contribution in [0.1, 0.15) is 10.4 Å². The molecule has 5 nitrogen and oxygen atoms in total. The number of carbonyl (C=O) groups excluding carboxylic acids is 1. The van der Waals surface area contributed by atoms with Crippen molar-refractivity contribution in [2.24, 2.45) is 0 Å². The fourth-order valence-electron chi connectivity index (χ4n) is 1.52. The smallest absolute Gasteiger partial charge is 0.349 e. The third kappa shape index (κ3) is 2.60. The minimum Gasteiger partial charge on any atom is -0.422 e. The van der Waals surface area contributed by atoms with Crippen LogP contribution in [-0.2, 0) is 0 Å². The summed E-state index contributed by atoms with van der Waals surface area (Å²) < 4.78 is 5.87. The van der Waals surface area contributed by atoms with Crippen LogP contribution in [0.3, 0.4) is 0 Å². The van der Waals surface area contributed by atoms with E-state index in [0.29, 0.717) is 11.0 Å². The maximum Gasteiger partial charge on any atom is 0.349 e. The van der Waals surface area contributed by atoms with E-state index in [-0.39, 0.29) is 18.7 Å². The van der Waals surface area contributed by atoms with Crippen LogP contribution in [0.4, 0.5) is 0 Å². The number of hydrogen-bond acceptors (Lipinski definition) is 4. The van der Waals surface area contributed by atoms with Crippen molar-refractivity contribution in [3.05, 3.63) is 44.7 Å². The lowest BCUT2D eigenvalue weighted by atomic mass is 10.2. The highest BCUT2D eigenvalue weighted by Crippen LogP contribution is 2.19. The van der Waals surface area contributed by atoms with Gasteiger partial charge in [0.2, 0.25) is 0 Å². The molecule has 1 heterocycles. The average Bonchev–Trinajstić information content (AvgIpc) is 2.35. The zero-order valence-corrected chi connectivity index (χ0v) is 10.9. The van der Waals surface area contributed by atoms with Crippen LogP contribution in [0.15, 0.2) is 37.9 Å². The Labute approximate surface area is 111 Å². The molecule has 0 saturated heterocycles. The molecule has 1 amide bonds. The van der Waals surface area contributed by atoms with Gasteiger partial charge in [0.1, 0.15) is 11.1 Å².